The molecule has 1 aromatic rings. The van der Waals surface area contributed by atoms with Crippen LogP contribution in [0.1, 0.15) is 36.5 Å². The van der Waals surface area contributed by atoms with Crippen LogP contribution in [-0.4, -0.2) is 64.7 Å². The van der Waals surface area contributed by atoms with Crippen molar-refractivity contribution in [2.24, 2.45) is 0 Å². The molecule has 156 valence electrons. The van der Waals surface area contributed by atoms with Crippen LogP contribution in [0.3, 0.4) is 0 Å². The van der Waals surface area contributed by atoms with E-state index in [4.69, 9.17) is 16.7 Å². The van der Waals surface area contributed by atoms with Gasteiger partial charge in [0, 0.05) is 17.1 Å². The van der Waals surface area contributed by atoms with Crippen molar-refractivity contribution in [1.29, 1.82) is 0 Å². The van der Waals surface area contributed by atoms with E-state index < -0.39 is 48.2 Å². The molecule has 3 amide bonds. The number of carboxylic acids is 1. The second-order valence-electron chi connectivity index (χ2n) is 6.74. The van der Waals surface area contributed by atoms with E-state index >= 15 is 0 Å². The number of rotatable bonds is 8. The number of hydrogen-bond donors (Lipinski definition) is 3. The highest BCUT2D eigenvalue weighted by Crippen LogP contribution is 2.19. The van der Waals surface area contributed by atoms with E-state index in [1.54, 1.807) is 18.2 Å². The number of likely N-dealkylation sites (tertiary alicyclic amines) is 1. The molecular formula is C19H22ClN3O6. The lowest BCUT2D eigenvalue weighted by Gasteiger charge is -2.27. The Morgan fingerprint density at radius 2 is 2.03 bits per heavy atom. The van der Waals surface area contributed by atoms with Crippen LogP contribution in [0.5, 0.6) is 0 Å². The van der Waals surface area contributed by atoms with Crippen LogP contribution in [-0.2, 0) is 19.2 Å². The minimum Gasteiger partial charge on any atom is -0.481 e. The lowest BCUT2D eigenvalue weighted by atomic mass is 10.1. The molecule has 0 aromatic heterocycles. The predicted molar refractivity (Wildman–Crippen MR) is 103 cm³/mol. The quantitative estimate of drug-likeness (QED) is 0.524. The first kappa shape index (κ1) is 22.4. The van der Waals surface area contributed by atoms with Crippen molar-refractivity contribution in [3.63, 3.8) is 0 Å². The molecule has 9 nitrogen and oxygen atoms in total. The number of carbonyl (C=O) groups excluding carboxylic acids is 4. The molecule has 2 rings (SSSR count). The van der Waals surface area contributed by atoms with Gasteiger partial charge < -0.3 is 25.4 Å². The minimum atomic E-state index is -1.22. The van der Waals surface area contributed by atoms with Crippen molar-refractivity contribution < 1.29 is 29.1 Å². The average molecular weight is 424 g/mol. The molecule has 0 spiro atoms. The van der Waals surface area contributed by atoms with Gasteiger partial charge in [-0.25, -0.2) is 0 Å². The molecule has 0 saturated carbocycles. The van der Waals surface area contributed by atoms with Gasteiger partial charge in [0.25, 0.3) is 5.91 Å². The lowest BCUT2D eigenvalue weighted by molar-refractivity contribution is -0.141. The Morgan fingerprint density at radius 1 is 1.31 bits per heavy atom. The average Bonchev–Trinajstić information content (AvgIpc) is 3.16. The SMILES string of the molecule is CC(NC(=O)c1cccc(Cl)c1)C(=O)N1CCCC1C(=O)NC(C=O)CC(=O)O. The monoisotopic (exact) mass is 423 g/mol. The highest BCUT2D eigenvalue weighted by atomic mass is 35.5. The van der Waals surface area contributed by atoms with Gasteiger partial charge in [-0.15, -0.1) is 0 Å². The molecule has 3 N–H and O–H groups in total. The molecule has 1 fully saturated rings. The topological polar surface area (TPSA) is 133 Å². The van der Waals surface area contributed by atoms with Gasteiger partial charge in [0.1, 0.15) is 18.4 Å². The molecule has 0 radical (unpaired) electrons. The molecule has 0 aliphatic carbocycles. The highest BCUT2D eigenvalue weighted by Gasteiger charge is 2.37. The zero-order valence-electron chi connectivity index (χ0n) is 15.8. The van der Waals surface area contributed by atoms with Crippen LogP contribution in [0.4, 0.5) is 0 Å². The van der Waals surface area contributed by atoms with E-state index in [1.807, 2.05) is 0 Å². The lowest BCUT2D eigenvalue weighted by Crippen LogP contribution is -2.54. The summed E-state index contributed by atoms with van der Waals surface area (Å²) >= 11 is 5.87. The van der Waals surface area contributed by atoms with Crippen molar-refractivity contribution >= 4 is 41.6 Å². The molecule has 3 unspecified atom stereocenters. The van der Waals surface area contributed by atoms with E-state index in [-0.39, 0.29) is 0 Å². The zero-order valence-corrected chi connectivity index (χ0v) is 16.5. The molecule has 3 atom stereocenters. The summed E-state index contributed by atoms with van der Waals surface area (Å²) in [7, 11) is 0. The van der Waals surface area contributed by atoms with E-state index in [2.05, 4.69) is 10.6 Å². The molecular weight excluding hydrogens is 402 g/mol. The van der Waals surface area contributed by atoms with Gasteiger partial charge in [0.15, 0.2) is 0 Å². The van der Waals surface area contributed by atoms with E-state index in [1.165, 1.54) is 17.9 Å². The van der Waals surface area contributed by atoms with Crippen LogP contribution in [0, 0.1) is 0 Å². The maximum absolute atomic E-state index is 12.8. The molecule has 1 aliphatic heterocycles. The Hall–Kier alpha value is -2.94. The number of aliphatic carboxylic acids is 1. The summed E-state index contributed by atoms with van der Waals surface area (Å²) < 4.78 is 0. The van der Waals surface area contributed by atoms with Crippen LogP contribution in [0.2, 0.25) is 5.02 Å². The van der Waals surface area contributed by atoms with E-state index in [9.17, 15) is 24.0 Å². The molecule has 1 aromatic carbocycles. The van der Waals surface area contributed by atoms with Crippen molar-refractivity contribution in [2.75, 3.05) is 6.54 Å². The van der Waals surface area contributed by atoms with Crippen LogP contribution in [0.25, 0.3) is 0 Å². The fraction of sp³-hybridized carbons (Fsp3) is 0.421. The number of carboxylic acid groups (broad SMARTS) is 1. The minimum absolute atomic E-state index is 0.301. The fourth-order valence-corrected chi connectivity index (χ4v) is 3.31. The molecule has 1 saturated heterocycles. The zero-order chi connectivity index (χ0) is 21.6. The van der Waals surface area contributed by atoms with E-state index in [0.717, 1.165) is 0 Å². The number of amides is 3. The first-order valence-electron chi connectivity index (χ1n) is 9.07. The largest absolute Gasteiger partial charge is 0.481 e. The van der Waals surface area contributed by atoms with Crippen molar-refractivity contribution in [2.45, 2.75) is 44.3 Å². The summed E-state index contributed by atoms with van der Waals surface area (Å²) in [5, 5.41) is 14.1. The Bertz CT molecular complexity index is 815. The number of hydrogen-bond acceptors (Lipinski definition) is 5. The van der Waals surface area contributed by atoms with Crippen LogP contribution >= 0.6 is 11.6 Å². The van der Waals surface area contributed by atoms with Crippen molar-refractivity contribution in [3.05, 3.63) is 34.9 Å². The molecule has 1 aliphatic rings. The summed E-state index contributed by atoms with van der Waals surface area (Å²) in [5.74, 6) is -2.74. The van der Waals surface area contributed by atoms with Crippen LogP contribution < -0.4 is 10.6 Å². The summed E-state index contributed by atoms with van der Waals surface area (Å²) in [6.45, 7) is 1.83. The Labute approximate surface area is 172 Å². The van der Waals surface area contributed by atoms with Gasteiger partial charge in [0.2, 0.25) is 11.8 Å². The molecule has 0 bridgehead atoms. The van der Waals surface area contributed by atoms with Gasteiger partial charge in [0.05, 0.1) is 12.5 Å². The molecule has 10 heteroatoms. The Balaban J connectivity index is 2.00. The van der Waals surface area contributed by atoms with Crippen LogP contribution in [0.15, 0.2) is 24.3 Å². The van der Waals surface area contributed by atoms with Gasteiger partial charge in [-0.2, -0.15) is 0 Å². The smallest absolute Gasteiger partial charge is 0.305 e. The van der Waals surface area contributed by atoms with Gasteiger partial charge in [-0.3, -0.25) is 19.2 Å². The third-order valence-electron chi connectivity index (χ3n) is 4.53. The number of nitrogens with one attached hydrogen (secondary N) is 2. The third kappa shape index (κ3) is 6.02. The summed E-state index contributed by atoms with van der Waals surface area (Å²) in [5.41, 5.74) is 0.301. The Morgan fingerprint density at radius 3 is 2.66 bits per heavy atom. The first-order valence-corrected chi connectivity index (χ1v) is 9.45. The van der Waals surface area contributed by atoms with Gasteiger partial charge >= 0.3 is 5.97 Å². The van der Waals surface area contributed by atoms with Gasteiger partial charge in [-0.05, 0) is 38.0 Å². The molecule has 29 heavy (non-hydrogen) atoms. The fourth-order valence-electron chi connectivity index (χ4n) is 3.12. The van der Waals surface area contributed by atoms with Crippen molar-refractivity contribution in [3.8, 4) is 0 Å². The standard InChI is InChI=1S/C19H22ClN3O6/c1-11(21-17(27)12-4-2-5-13(20)8-12)19(29)23-7-3-6-15(23)18(28)22-14(10-24)9-16(25)26/h2,4-5,8,10-11,14-15H,3,6-7,9H2,1H3,(H,21,27)(H,22,28)(H,25,26). The summed E-state index contributed by atoms with van der Waals surface area (Å²) in [6, 6.07) is 3.38. The maximum Gasteiger partial charge on any atom is 0.305 e. The summed E-state index contributed by atoms with van der Waals surface area (Å²) in [6.07, 6.45) is 0.762. The number of halogens is 1. The van der Waals surface area contributed by atoms with Crippen molar-refractivity contribution in [1.82, 2.24) is 15.5 Å². The number of aldehydes is 1. The second kappa shape index (κ2) is 10.0. The first-order chi connectivity index (χ1) is 13.7. The third-order valence-corrected chi connectivity index (χ3v) is 4.76. The van der Waals surface area contributed by atoms with E-state index in [0.29, 0.717) is 36.3 Å². The summed E-state index contributed by atoms with van der Waals surface area (Å²) in [4.78, 5) is 60.6. The second-order valence-corrected chi connectivity index (χ2v) is 7.18. The maximum atomic E-state index is 12.8. The highest BCUT2D eigenvalue weighted by molar-refractivity contribution is 6.31. The Kier molecular flexibility index (Phi) is 7.72. The normalized spacial score (nSPS) is 17.9. The number of benzene rings is 1. The molecule has 1 heterocycles. The number of nitrogens with zero attached hydrogens (tertiary/aromatic N) is 1. The number of carbonyl (C=O) groups is 5. The predicted octanol–water partition coefficient (Wildman–Crippen LogP) is 0.608. The van der Waals surface area contributed by atoms with Gasteiger partial charge in [-0.1, -0.05) is 17.7 Å².